The number of rotatable bonds is 5. The first kappa shape index (κ1) is 14.3. The van der Waals surface area contributed by atoms with Crippen LogP contribution in [0.2, 0.25) is 0 Å². The molecule has 2 N–H and O–H groups in total. The molecule has 2 aromatic heterocycles. The van der Waals surface area contributed by atoms with Crippen molar-refractivity contribution >= 4 is 27.0 Å². The van der Waals surface area contributed by atoms with Crippen molar-refractivity contribution in [2.45, 2.75) is 25.9 Å². The Hall–Kier alpha value is -1.65. The Morgan fingerprint density at radius 2 is 2.05 bits per heavy atom. The van der Waals surface area contributed by atoms with Gasteiger partial charge in [0.2, 0.25) is 0 Å². The molecule has 0 aliphatic carbocycles. The SMILES string of the molecule is CC(Cc1ccc(Br)cc1)NCc1c[nH]c2ncccc12. The van der Waals surface area contributed by atoms with E-state index in [1.54, 1.807) is 0 Å². The fraction of sp³-hybridized carbons (Fsp3) is 0.235. The van der Waals surface area contributed by atoms with E-state index in [-0.39, 0.29) is 0 Å². The molecule has 3 rings (SSSR count). The first-order valence-electron chi connectivity index (χ1n) is 7.11. The second-order valence-electron chi connectivity index (χ2n) is 5.33. The minimum atomic E-state index is 0.424. The zero-order chi connectivity index (χ0) is 14.7. The number of H-pyrrole nitrogens is 1. The Bertz CT molecular complexity index is 718. The molecule has 3 nitrogen and oxygen atoms in total. The van der Waals surface area contributed by atoms with E-state index >= 15 is 0 Å². The zero-order valence-electron chi connectivity index (χ0n) is 11.9. The Labute approximate surface area is 132 Å². The van der Waals surface area contributed by atoms with Crippen LogP contribution in [0.4, 0.5) is 0 Å². The monoisotopic (exact) mass is 343 g/mol. The second-order valence-corrected chi connectivity index (χ2v) is 6.24. The summed E-state index contributed by atoms with van der Waals surface area (Å²) >= 11 is 3.47. The maximum atomic E-state index is 4.32. The molecule has 108 valence electrons. The number of fused-ring (bicyclic) bond motifs is 1. The van der Waals surface area contributed by atoms with Crippen molar-refractivity contribution in [3.8, 4) is 0 Å². The minimum Gasteiger partial charge on any atom is -0.346 e. The van der Waals surface area contributed by atoms with Crippen molar-refractivity contribution in [3.05, 3.63) is 64.4 Å². The molecule has 0 fully saturated rings. The maximum absolute atomic E-state index is 4.32. The van der Waals surface area contributed by atoms with E-state index < -0.39 is 0 Å². The van der Waals surface area contributed by atoms with Crippen LogP contribution >= 0.6 is 15.9 Å². The maximum Gasteiger partial charge on any atom is 0.137 e. The lowest BCUT2D eigenvalue weighted by molar-refractivity contribution is 0.547. The molecule has 3 aromatic rings. The Kier molecular flexibility index (Phi) is 4.36. The quantitative estimate of drug-likeness (QED) is 0.733. The van der Waals surface area contributed by atoms with Gasteiger partial charge in [-0.25, -0.2) is 4.98 Å². The summed E-state index contributed by atoms with van der Waals surface area (Å²) in [6.07, 6.45) is 4.87. The fourth-order valence-electron chi connectivity index (χ4n) is 2.49. The number of aromatic nitrogens is 2. The summed E-state index contributed by atoms with van der Waals surface area (Å²) in [5.41, 5.74) is 3.56. The van der Waals surface area contributed by atoms with Gasteiger partial charge in [0, 0.05) is 34.8 Å². The summed E-state index contributed by atoms with van der Waals surface area (Å²) in [7, 11) is 0. The van der Waals surface area contributed by atoms with E-state index in [1.807, 2.05) is 18.5 Å². The van der Waals surface area contributed by atoms with E-state index in [4.69, 9.17) is 0 Å². The number of pyridine rings is 1. The van der Waals surface area contributed by atoms with Gasteiger partial charge in [0.1, 0.15) is 5.65 Å². The van der Waals surface area contributed by atoms with Gasteiger partial charge in [0.25, 0.3) is 0 Å². The summed E-state index contributed by atoms with van der Waals surface area (Å²) in [4.78, 5) is 7.53. The van der Waals surface area contributed by atoms with Gasteiger partial charge >= 0.3 is 0 Å². The number of nitrogens with one attached hydrogen (secondary N) is 2. The van der Waals surface area contributed by atoms with Crippen LogP contribution in [0.5, 0.6) is 0 Å². The largest absolute Gasteiger partial charge is 0.346 e. The molecule has 1 unspecified atom stereocenters. The lowest BCUT2D eigenvalue weighted by Crippen LogP contribution is -2.27. The van der Waals surface area contributed by atoms with Crippen molar-refractivity contribution in [3.63, 3.8) is 0 Å². The number of aromatic amines is 1. The highest BCUT2D eigenvalue weighted by atomic mass is 79.9. The van der Waals surface area contributed by atoms with Gasteiger partial charge in [-0.15, -0.1) is 0 Å². The van der Waals surface area contributed by atoms with Crippen molar-refractivity contribution < 1.29 is 0 Å². The van der Waals surface area contributed by atoms with Crippen LogP contribution in [0.15, 0.2) is 53.3 Å². The van der Waals surface area contributed by atoms with Crippen LogP contribution < -0.4 is 5.32 Å². The number of benzene rings is 1. The Balaban J connectivity index is 1.60. The van der Waals surface area contributed by atoms with Crippen molar-refractivity contribution in [2.24, 2.45) is 0 Å². The average molecular weight is 344 g/mol. The van der Waals surface area contributed by atoms with Gasteiger partial charge in [-0.2, -0.15) is 0 Å². The molecular weight excluding hydrogens is 326 g/mol. The van der Waals surface area contributed by atoms with E-state index in [2.05, 4.69) is 68.5 Å². The van der Waals surface area contributed by atoms with Crippen LogP contribution in [0.1, 0.15) is 18.1 Å². The number of halogens is 1. The van der Waals surface area contributed by atoms with Gasteiger partial charge in [-0.3, -0.25) is 0 Å². The molecule has 0 saturated carbocycles. The van der Waals surface area contributed by atoms with Crippen LogP contribution in [-0.2, 0) is 13.0 Å². The van der Waals surface area contributed by atoms with Crippen molar-refractivity contribution in [1.82, 2.24) is 15.3 Å². The highest BCUT2D eigenvalue weighted by molar-refractivity contribution is 9.10. The predicted molar refractivity (Wildman–Crippen MR) is 90.2 cm³/mol. The third-order valence-corrected chi connectivity index (χ3v) is 4.16. The molecule has 0 spiro atoms. The highest BCUT2D eigenvalue weighted by Gasteiger charge is 2.07. The predicted octanol–water partition coefficient (Wildman–Crippen LogP) is 4.05. The van der Waals surface area contributed by atoms with Crippen molar-refractivity contribution in [1.29, 1.82) is 0 Å². The second kappa shape index (κ2) is 6.41. The molecule has 4 heteroatoms. The number of hydrogen-bond donors (Lipinski definition) is 2. The summed E-state index contributed by atoms with van der Waals surface area (Å²) in [6.45, 7) is 3.07. The zero-order valence-corrected chi connectivity index (χ0v) is 13.5. The Morgan fingerprint density at radius 3 is 2.86 bits per heavy atom. The third-order valence-electron chi connectivity index (χ3n) is 3.63. The number of nitrogens with zero attached hydrogens (tertiary/aromatic N) is 1. The lowest BCUT2D eigenvalue weighted by Gasteiger charge is -2.13. The van der Waals surface area contributed by atoms with Crippen LogP contribution in [0.25, 0.3) is 11.0 Å². The first-order valence-corrected chi connectivity index (χ1v) is 7.90. The Morgan fingerprint density at radius 1 is 1.24 bits per heavy atom. The average Bonchev–Trinajstić information content (AvgIpc) is 2.91. The summed E-state index contributed by atoms with van der Waals surface area (Å²) in [5, 5.41) is 4.78. The smallest absolute Gasteiger partial charge is 0.137 e. The van der Waals surface area contributed by atoms with Gasteiger partial charge in [-0.1, -0.05) is 28.1 Å². The molecule has 0 bridgehead atoms. The molecule has 21 heavy (non-hydrogen) atoms. The summed E-state index contributed by atoms with van der Waals surface area (Å²) in [6, 6.07) is 13.0. The van der Waals surface area contributed by atoms with Gasteiger partial charge in [0.15, 0.2) is 0 Å². The van der Waals surface area contributed by atoms with Crippen LogP contribution in [-0.4, -0.2) is 16.0 Å². The van der Waals surface area contributed by atoms with Crippen LogP contribution in [0, 0.1) is 0 Å². The molecule has 1 atom stereocenters. The van der Waals surface area contributed by atoms with E-state index in [0.717, 1.165) is 23.1 Å². The van der Waals surface area contributed by atoms with Crippen molar-refractivity contribution in [2.75, 3.05) is 0 Å². The fourth-order valence-corrected chi connectivity index (χ4v) is 2.75. The molecule has 0 saturated heterocycles. The molecule has 0 aliphatic heterocycles. The van der Waals surface area contributed by atoms with Gasteiger partial charge in [-0.05, 0) is 48.7 Å². The molecule has 0 aliphatic rings. The van der Waals surface area contributed by atoms with Gasteiger partial charge < -0.3 is 10.3 Å². The normalized spacial score (nSPS) is 12.7. The van der Waals surface area contributed by atoms with Crippen LogP contribution in [0.3, 0.4) is 0 Å². The summed E-state index contributed by atoms with van der Waals surface area (Å²) in [5.74, 6) is 0. The summed E-state index contributed by atoms with van der Waals surface area (Å²) < 4.78 is 1.12. The number of hydrogen-bond acceptors (Lipinski definition) is 2. The molecule has 1 aromatic carbocycles. The van der Waals surface area contributed by atoms with E-state index in [0.29, 0.717) is 6.04 Å². The highest BCUT2D eigenvalue weighted by Crippen LogP contribution is 2.16. The van der Waals surface area contributed by atoms with E-state index in [9.17, 15) is 0 Å². The molecular formula is C17H18BrN3. The molecule has 2 heterocycles. The van der Waals surface area contributed by atoms with E-state index in [1.165, 1.54) is 16.5 Å². The molecule has 0 amide bonds. The van der Waals surface area contributed by atoms with Gasteiger partial charge in [0.05, 0.1) is 0 Å². The first-order chi connectivity index (χ1) is 10.2. The third kappa shape index (κ3) is 3.52. The minimum absolute atomic E-state index is 0.424. The standard InChI is InChI=1S/C17H18BrN3/c1-12(9-13-4-6-15(18)7-5-13)20-10-14-11-21-17-16(14)3-2-8-19-17/h2-8,11-12,20H,9-10H2,1H3,(H,19,21). The lowest BCUT2D eigenvalue weighted by atomic mass is 10.1. The topological polar surface area (TPSA) is 40.7 Å². The molecule has 0 radical (unpaired) electrons.